The summed E-state index contributed by atoms with van der Waals surface area (Å²) in [4.78, 5) is 22.8. The van der Waals surface area contributed by atoms with Gasteiger partial charge in [-0.3, -0.25) is 19.6 Å². The highest BCUT2D eigenvalue weighted by Crippen LogP contribution is 2.22. The normalized spacial score (nSPS) is 12.0. The topological polar surface area (TPSA) is 90.1 Å². The van der Waals surface area contributed by atoms with Gasteiger partial charge in [0.25, 0.3) is 0 Å². The summed E-state index contributed by atoms with van der Waals surface area (Å²) in [5.74, 6) is -0.221. The molecule has 2 rings (SSSR count). The van der Waals surface area contributed by atoms with Gasteiger partial charge >= 0.3 is 5.69 Å². The zero-order valence-corrected chi connectivity index (χ0v) is 13.4. The van der Waals surface area contributed by atoms with Crippen molar-refractivity contribution in [3.63, 3.8) is 0 Å². The lowest BCUT2D eigenvalue weighted by molar-refractivity contribution is -0.386. The summed E-state index contributed by atoms with van der Waals surface area (Å²) in [7, 11) is 0. The zero-order chi connectivity index (χ0) is 17.0. The van der Waals surface area contributed by atoms with Gasteiger partial charge in [-0.15, -0.1) is 0 Å². The van der Waals surface area contributed by atoms with Crippen molar-refractivity contribution in [1.82, 2.24) is 15.1 Å². The minimum Gasteiger partial charge on any atom is -0.348 e. The largest absolute Gasteiger partial charge is 0.348 e. The number of rotatable bonds is 6. The maximum atomic E-state index is 12.3. The Labute approximate surface area is 134 Å². The molecule has 0 aliphatic rings. The van der Waals surface area contributed by atoms with E-state index in [4.69, 9.17) is 0 Å². The molecule has 7 nitrogen and oxygen atoms in total. The van der Waals surface area contributed by atoms with E-state index in [0.29, 0.717) is 11.4 Å². The molecule has 1 aromatic carbocycles. The Morgan fingerprint density at radius 3 is 2.52 bits per heavy atom. The van der Waals surface area contributed by atoms with Crippen LogP contribution in [-0.2, 0) is 11.3 Å². The van der Waals surface area contributed by atoms with Gasteiger partial charge in [0.1, 0.15) is 17.9 Å². The molecule has 1 heterocycles. The molecule has 0 aliphatic heterocycles. The highest BCUT2D eigenvalue weighted by atomic mass is 16.6. The molecule has 0 radical (unpaired) electrons. The van der Waals surface area contributed by atoms with E-state index in [1.54, 1.807) is 13.8 Å². The number of carbonyl (C=O) groups is 1. The first-order chi connectivity index (χ1) is 10.9. The van der Waals surface area contributed by atoms with Gasteiger partial charge in [0.2, 0.25) is 5.91 Å². The molecule has 1 aromatic heterocycles. The fourth-order valence-electron chi connectivity index (χ4n) is 2.59. The lowest BCUT2D eigenvalue weighted by Crippen LogP contribution is -2.31. The van der Waals surface area contributed by atoms with Crippen LogP contribution in [0.25, 0.3) is 0 Å². The van der Waals surface area contributed by atoms with Crippen molar-refractivity contribution in [2.45, 2.75) is 39.8 Å². The lowest BCUT2D eigenvalue weighted by atomic mass is 10.0. The molecule has 0 aliphatic carbocycles. The van der Waals surface area contributed by atoms with Crippen LogP contribution in [-0.4, -0.2) is 20.6 Å². The van der Waals surface area contributed by atoms with Gasteiger partial charge in [-0.2, -0.15) is 5.10 Å². The molecule has 1 unspecified atom stereocenters. The van der Waals surface area contributed by atoms with Crippen LogP contribution in [0.2, 0.25) is 0 Å². The summed E-state index contributed by atoms with van der Waals surface area (Å²) in [5, 5.41) is 18.0. The number of hydrogen-bond donors (Lipinski definition) is 1. The number of carbonyl (C=O) groups excluding carboxylic acids is 1. The highest BCUT2D eigenvalue weighted by molar-refractivity contribution is 5.76. The fourth-order valence-corrected chi connectivity index (χ4v) is 2.59. The molecular formula is C16H20N4O3. The van der Waals surface area contributed by atoms with Gasteiger partial charge in [-0.05, 0) is 25.8 Å². The van der Waals surface area contributed by atoms with Crippen molar-refractivity contribution in [3.05, 3.63) is 57.4 Å². The van der Waals surface area contributed by atoms with Crippen molar-refractivity contribution in [1.29, 1.82) is 0 Å². The van der Waals surface area contributed by atoms with Crippen LogP contribution in [0.15, 0.2) is 30.3 Å². The quantitative estimate of drug-likeness (QED) is 0.655. The Hall–Kier alpha value is -2.70. The van der Waals surface area contributed by atoms with Gasteiger partial charge in [-0.25, -0.2) is 0 Å². The van der Waals surface area contributed by atoms with E-state index < -0.39 is 4.92 Å². The van der Waals surface area contributed by atoms with Gasteiger partial charge in [0, 0.05) is 0 Å². The summed E-state index contributed by atoms with van der Waals surface area (Å²) < 4.78 is 1.38. The number of amides is 1. The van der Waals surface area contributed by atoms with E-state index in [2.05, 4.69) is 10.4 Å². The molecular weight excluding hydrogens is 296 g/mol. The van der Waals surface area contributed by atoms with Crippen molar-refractivity contribution in [2.24, 2.45) is 0 Å². The molecule has 0 spiro atoms. The van der Waals surface area contributed by atoms with Crippen molar-refractivity contribution in [3.8, 4) is 0 Å². The van der Waals surface area contributed by atoms with Crippen LogP contribution in [0.4, 0.5) is 5.69 Å². The van der Waals surface area contributed by atoms with Crippen molar-refractivity contribution >= 4 is 11.6 Å². The molecule has 0 bridgehead atoms. The van der Waals surface area contributed by atoms with Crippen LogP contribution >= 0.6 is 0 Å². The number of nitro groups is 1. The predicted octanol–water partition coefficient (Wildman–Crippen LogP) is 2.68. The molecule has 23 heavy (non-hydrogen) atoms. The molecule has 1 N–H and O–H groups in total. The smallest absolute Gasteiger partial charge is 0.312 e. The number of nitrogens with one attached hydrogen (secondary N) is 1. The maximum absolute atomic E-state index is 12.3. The first-order valence-corrected chi connectivity index (χ1v) is 7.46. The molecule has 0 fully saturated rings. The van der Waals surface area contributed by atoms with Gasteiger partial charge in [0.05, 0.1) is 11.0 Å². The SMILES string of the molecule is CCC(NC(=O)Cn1nc(C)c([N+](=O)[O-])c1C)c1ccccc1. The fraction of sp³-hybridized carbons (Fsp3) is 0.375. The summed E-state index contributed by atoms with van der Waals surface area (Å²) in [6, 6.07) is 9.61. The number of benzene rings is 1. The third-order valence-corrected chi connectivity index (χ3v) is 3.76. The Kier molecular flexibility index (Phi) is 5.10. The van der Waals surface area contributed by atoms with Crippen LogP contribution in [0.5, 0.6) is 0 Å². The Morgan fingerprint density at radius 2 is 2.00 bits per heavy atom. The monoisotopic (exact) mass is 316 g/mol. The first-order valence-electron chi connectivity index (χ1n) is 7.46. The van der Waals surface area contributed by atoms with E-state index in [-0.39, 0.29) is 24.2 Å². The van der Waals surface area contributed by atoms with Gasteiger partial charge in [-0.1, -0.05) is 37.3 Å². The van der Waals surface area contributed by atoms with E-state index in [1.165, 1.54) is 4.68 Å². The second-order valence-corrected chi connectivity index (χ2v) is 5.37. The van der Waals surface area contributed by atoms with Crippen LogP contribution in [0.1, 0.15) is 36.3 Å². The zero-order valence-electron chi connectivity index (χ0n) is 13.4. The molecule has 7 heteroatoms. The third kappa shape index (κ3) is 3.74. The molecule has 1 atom stereocenters. The molecule has 0 saturated carbocycles. The average molecular weight is 316 g/mol. The van der Waals surface area contributed by atoms with Crippen molar-refractivity contribution < 1.29 is 9.72 Å². The Morgan fingerprint density at radius 1 is 1.35 bits per heavy atom. The van der Waals surface area contributed by atoms with Crippen LogP contribution in [0, 0.1) is 24.0 Å². The maximum Gasteiger partial charge on any atom is 0.312 e. The number of nitrogens with zero attached hydrogens (tertiary/aromatic N) is 3. The third-order valence-electron chi connectivity index (χ3n) is 3.76. The van der Waals surface area contributed by atoms with Crippen LogP contribution < -0.4 is 5.32 Å². The predicted molar refractivity (Wildman–Crippen MR) is 86.0 cm³/mol. The van der Waals surface area contributed by atoms with E-state index in [1.807, 2.05) is 37.3 Å². The van der Waals surface area contributed by atoms with Gasteiger partial charge in [0.15, 0.2) is 0 Å². The lowest BCUT2D eigenvalue weighted by Gasteiger charge is -2.17. The molecule has 0 saturated heterocycles. The minimum atomic E-state index is -0.467. The van der Waals surface area contributed by atoms with E-state index >= 15 is 0 Å². The Balaban J connectivity index is 2.11. The number of hydrogen-bond acceptors (Lipinski definition) is 4. The van der Waals surface area contributed by atoms with Crippen molar-refractivity contribution in [2.75, 3.05) is 0 Å². The number of aryl methyl sites for hydroxylation is 1. The van der Waals surface area contributed by atoms with Crippen LogP contribution in [0.3, 0.4) is 0 Å². The summed E-state index contributed by atoms with van der Waals surface area (Å²) in [6.45, 7) is 5.12. The minimum absolute atomic E-state index is 0.0344. The van der Waals surface area contributed by atoms with Gasteiger partial charge < -0.3 is 5.32 Å². The van der Waals surface area contributed by atoms with E-state index in [0.717, 1.165) is 12.0 Å². The molecule has 2 aromatic rings. The molecule has 122 valence electrons. The summed E-state index contributed by atoms with van der Waals surface area (Å²) in [6.07, 6.45) is 0.757. The first kappa shape index (κ1) is 16.7. The summed E-state index contributed by atoms with van der Waals surface area (Å²) >= 11 is 0. The second kappa shape index (κ2) is 7.04. The number of aromatic nitrogens is 2. The summed E-state index contributed by atoms with van der Waals surface area (Å²) in [5.41, 5.74) is 1.70. The average Bonchev–Trinajstić information content (AvgIpc) is 2.79. The standard InChI is InChI=1S/C16H20N4O3/c1-4-14(13-8-6-5-7-9-13)17-15(21)10-19-12(3)16(20(22)23)11(2)18-19/h5-9,14H,4,10H2,1-3H3,(H,17,21). The second-order valence-electron chi connectivity index (χ2n) is 5.37. The highest BCUT2D eigenvalue weighted by Gasteiger charge is 2.23. The Bertz CT molecular complexity index is 710. The van der Waals surface area contributed by atoms with E-state index in [9.17, 15) is 14.9 Å². The molecule has 1 amide bonds.